The molecule has 0 unspecified atom stereocenters. The molecule has 0 N–H and O–H groups in total. The number of ether oxygens (including phenoxy) is 3. The molecule has 166 valence electrons. The second kappa shape index (κ2) is 10.00. The highest BCUT2D eigenvalue weighted by atomic mass is 79.9. The monoisotopic (exact) mass is 500 g/mol. The number of ketones is 1. The van der Waals surface area contributed by atoms with Crippen molar-refractivity contribution in [3.05, 3.63) is 64.1 Å². The molecule has 0 spiro atoms. The molecule has 31 heavy (non-hydrogen) atoms. The van der Waals surface area contributed by atoms with Gasteiger partial charge in [-0.25, -0.2) is 4.79 Å². The number of alkyl halides is 3. The molecule has 0 radical (unpaired) electrons. The van der Waals surface area contributed by atoms with Gasteiger partial charge in [0.25, 0.3) is 0 Å². The van der Waals surface area contributed by atoms with Crippen LogP contribution in [-0.4, -0.2) is 30.3 Å². The summed E-state index contributed by atoms with van der Waals surface area (Å²) in [6.07, 6.45) is -1.95. The highest BCUT2D eigenvalue weighted by Crippen LogP contribution is 2.30. The van der Waals surface area contributed by atoms with Crippen LogP contribution in [0.3, 0.4) is 0 Å². The average Bonchev–Trinajstić information content (AvgIpc) is 2.67. The van der Waals surface area contributed by atoms with Crippen LogP contribution in [0.15, 0.2) is 53.0 Å². The smallest absolute Gasteiger partial charge is 0.475 e. The van der Waals surface area contributed by atoms with Gasteiger partial charge in [0, 0.05) is 5.56 Å². The molecule has 0 fully saturated rings. The maximum atomic E-state index is 12.3. The topological polar surface area (TPSA) is 61.8 Å². The van der Waals surface area contributed by atoms with Crippen LogP contribution in [0, 0.1) is 0 Å². The van der Waals surface area contributed by atoms with Crippen molar-refractivity contribution in [1.82, 2.24) is 0 Å². The fraction of sp³-hybridized carbons (Fsp3) is 0.273. The molecule has 0 heterocycles. The van der Waals surface area contributed by atoms with Crippen molar-refractivity contribution in [2.75, 3.05) is 6.61 Å². The molecule has 5 nitrogen and oxygen atoms in total. The van der Waals surface area contributed by atoms with Crippen molar-refractivity contribution < 1.29 is 37.0 Å². The standard InChI is InChI=1S/C22H20BrF3O5/c1-4-29-20(28)21(2,3)31-19-12-6-14(13-17(19)23)5-11-18(27)15-7-9-16(10-8-15)30-22(24,25)26/h5-13H,4H2,1-3H3. The number of esters is 1. The van der Waals surface area contributed by atoms with E-state index < -0.39 is 29.5 Å². The Morgan fingerprint density at radius 2 is 1.68 bits per heavy atom. The van der Waals surface area contributed by atoms with E-state index in [9.17, 15) is 22.8 Å². The summed E-state index contributed by atoms with van der Waals surface area (Å²) in [7, 11) is 0. The van der Waals surface area contributed by atoms with Gasteiger partial charge in [0.05, 0.1) is 11.1 Å². The van der Waals surface area contributed by atoms with Crippen LogP contribution in [0.2, 0.25) is 0 Å². The molecule has 9 heteroatoms. The molecule has 0 aliphatic carbocycles. The lowest BCUT2D eigenvalue weighted by Gasteiger charge is -2.24. The average molecular weight is 501 g/mol. The van der Waals surface area contributed by atoms with Gasteiger partial charge in [0.15, 0.2) is 11.4 Å². The van der Waals surface area contributed by atoms with Gasteiger partial charge < -0.3 is 14.2 Å². The lowest BCUT2D eigenvalue weighted by molar-refractivity contribution is -0.274. The molecule has 2 aromatic carbocycles. The summed E-state index contributed by atoms with van der Waals surface area (Å²) >= 11 is 3.37. The van der Waals surface area contributed by atoms with E-state index in [0.29, 0.717) is 15.8 Å². The summed E-state index contributed by atoms with van der Waals surface area (Å²) in [5.41, 5.74) is -0.312. The normalized spacial score (nSPS) is 12.0. The number of carbonyl (C=O) groups excluding carboxylic acids is 2. The maximum Gasteiger partial charge on any atom is 0.573 e. The zero-order valence-corrected chi connectivity index (χ0v) is 18.5. The molecule has 0 aromatic heterocycles. The number of allylic oxidation sites excluding steroid dienone is 1. The van der Waals surface area contributed by atoms with E-state index in [1.807, 2.05) is 0 Å². The van der Waals surface area contributed by atoms with Crippen molar-refractivity contribution >= 4 is 33.8 Å². The third-order valence-corrected chi connectivity index (χ3v) is 4.51. The van der Waals surface area contributed by atoms with Gasteiger partial charge in [-0.1, -0.05) is 12.1 Å². The van der Waals surface area contributed by atoms with Crippen molar-refractivity contribution in [1.29, 1.82) is 0 Å². The maximum absolute atomic E-state index is 12.3. The second-order valence-corrected chi connectivity index (χ2v) is 7.65. The van der Waals surface area contributed by atoms with Crippen LogP contribution >= 0.6 is 15.9 Å². The quantitative estimate of drug-likeness (QED) is 0.254. The first-order chi connectivity index (χ1) is 14.4. The van der Waals surface area contributed by atoms with Crippen molar-refractivity contribution in [2.45, 2.75) is 32.7 Å². The van der Waals surface area contributed by atoms with Crippen LogP contribution in [0.5, 0.6) is 11.5 Å². The van der Waals surface area contributed by atoms with Gasteiger partial charge in [-0.05, 0) is 84.7 Å². The Bertz CT molecular complexity index is 966. The fourth-order valence-electron chi connectivity index (χ4n) is 2.41. The van der Waals surface area contributed by atoms with Gasteiger partial charge in [-0.3, -0.25) is 4.79 Å². The van der Waals surface area contributed by atoms with E-state index in [0.717, 1.165) is 12.1 Å². The van der Waals surface area contributed by atoms with E-state index in [4.69, 9.17) is 9.47 Å². The number of halogens is 4. The van der Waals surface area contributed by atoms with Gasteiger partial charge in [0.2, 0.25) is 0 Å². The SMILES string of the molecule is CCOC(=O)C(C)(C)Oc1ccc(C=CC(=O)c2ccc(OC(F)(F)F)cc2)cc1Br. The molecule has 0 saturated carbocycles. The molecule has 0 aliphatic heterocycles. The lowest BCUT2D eigenvalue weighted by atomic mass is 10.1. The molecule has 0 saturated heterocycles. The minimum absolute atomic E-state index is 0.209. The van der Waals surface area contributed by atoms with Crippen LogP contribution in [0.25, 0.3) is 6.08 Å². The largest absolute Gasteiger partial charge is 0.573 e. The van der Waals surface area contributed by atoms with E-state index in [1.54, 1.807) is 45.0 Å². The van der Waals surface area contributed by atoms with Crippen molar-refractivity contribution in [3.8, 4) is 11.5 Å². The first-order valence-electron chi connectivity index (χ1n) is 9.15. The molecular formula is C22H20BrF3O5. The molecule has 0 aliphatic rings. The number of hydrogen-bond donors (Lipinski definition) is 0. The predicted molar refractivity (Wildman–Crippen MR) is 112 cm³/mol. The highest BCUT2D eigenvalue weighted by Gasteiger charge is 2.32. The molecule has 0 amide bonds. The molecule has 0 atom stereocenters. The molecule has 2 rings (SSSR count). The van der Waals surface area contributed by atoms with E-state index >= 15 is 0 Å². The summed E-state index contributed by atoms with van der Waals surface area (Å²) in [6, 6.07) is 9.66. The number of hydrogen-bond acceptors (Lipinski definition) is 5. The molecule has 0 bridgehead atoms. The van der Waals surface area contributed by atoms with E-state index in [1.165, 1.54) is 18.2 Å². The van der Waals surface area contributed by atoms with Gasteiger partial charge in [0.1, 0.15) is 11.5 Å². The minimum atomic E-state index is -4.79. The predicted octanol–water partition coefficient (Wildman–Crippen LogP) is 5.96. The first kappa shape index (κ1) is 24.5. The lowest BCUT2D eigenvalue weighted by Crippen LogP contribution is -2.39. The Hall–Kier alpha value is -2.81. The summed E-state index contributed by atoms with van der Waals surface area (Å²) in [5, 5.41) is 0. The highest BCUT2D eigenvalue weighted by molar-refractivity contribution is 9.10. The Morgan fingerprint density at radius 3 is 2.23 bits per heavy atom. The van der Waals surface area contributed by atoms with Gasteiger partial charge in [-0.15, -0.1) is 13.2 Å². The molecule has 2 aromatic rings. The summed E-state index contributed by atoms with van der Waals surface area (Å²) in [4.78, 5) is 24.2. The zero-order chi connectivity index (χ0) is 23.2. The number of carbonyl (C=O) groups is 2. The Balaban J connectivity index is 2.07. The van der Waals surface area contributed by atoms with Crippen LogP contribution in [0.4, 0.5) is 13.2 Å². The van der Waals surface area contributed by atoms with Gasteiger partial charge in [-0.2, -0.15) is 0 Å². The Kier molecular flexibility index (Phi) is 7.89. The Labute approximate surface area is 185 Å². The second-order valence-electron chi connectivity index (χ2n) is 6.79. The van der Waals surface area contributed by atoms with E-state index in [2.05, 4.69) is 20.7 Å². The zero-order valence-electron chi connectivity index (χ0n) is 17.0. The minimum Gasteiger partial charge on any atom is -0.475 e. The number of benzene rings is 2. The van der Waals surface area contributed by atoms with Crippen LogP contribution in [-0.2, 0) is 9.53 Å². The van der Waals surface area contributed by atoms with Crippen molar-refractivity contribution in [3.63, 3.8) is 0 Å². The van der Waals surface area contributed by atoms with Gasteiger partial charge >= 0.3 is 12.3 Å². The van der Waals surface area contributed by atoms with E-state index in [-0.39, 0.29) is 12.2 Å². The first-order valence-corrected chi connectivity index (χ1v) is 9.94. The Morgan fingerprint density at radius 1 is 1.03 bits per heavy atom. The number of rotatable bonds is 8. The van der Waals surface area contributed by atoms with Crippen LogP contribution < -0.4 is 9.47 Å². The fourth-order valence-corrected chi connectivity index (χ4v) is 2.89. The third kappa shape index (κ3) is 7.43. The van der Waals surface area contributed by atoms with Crippen LogP contribution in [0.1, 0.15) is 36.7 Å². The van der Waals surface area contributed by atoms with Crippen molar-refractivity contribution in [2.24, 2.45) is 0 Å². The summed E-state index contributed by atoms with van der Waals surface area (Å²) in [6.45, 7) is 5.13. The summed E-state index contributed by atoms with van der Waals surface area (Å²) < 4.78 is 51.7. The third-order valence-electron chi connectivity index (χ3n) is 3.89. The summed E-state index contributed by atoms with van der Waals surface area (Å²) in [5.74, 6) is -0.873. The molecular weight excluding hydrogens is 481 g/mol.